The molecule has 0 saturated carbocycles. The number of alkyl halides is 3. The molecule has 1 aromatic carbocycles. The zero-order valence-electron chi connectivity index (χ0n) is 9.57. The van der Waals surface area contributed by atoms with Gasteiger partial charge in [-0.25, -0.2) is 0 Å². The van der Waals surface area contributed by atoms with Gasteiger partial charge in [0.25, 0.3) is 5.56 Å². The van der Waals surface area contributed by atoms with Crippen LogP contribution in [-0.2, 0) is 12.7 Å². The molecule has 7 heteroatoms. The van der Waals surface area contributed by atoms with E-state index in [0.717, 1.165) is 10.1 Å². The van der Waals surface area contributed by atoms with Crippen molar-refractivity contribution < 1.29 is 13.2 Å². The maximum Gasteiger partial charge on any atom is 0.431 e. The third-order valence-corrected chi connectivity index (χ3v) is 2.83. The second-order valence-electron chi connectivity index (χ2n) is 3.90. The summed E-state index contributed by atoms with van der Waals surface area (Å²) in [4.78, 5) is 13.7. The number of hydrogen-bond donors (Lipinski definition) is 1. The van der Waals surface area contributed by atoms with Crippen molar-refractivity contribution in [2.45, 2.75) is 12.7 Å². The fourth-order valence-electron chi connectivity index (χ4n) is 1.59. The van der Waals surface area contributed by atoms with Crippen LogP contribution in [0, 0.1) is 4.77 Å². The Morgan fingerprint density at radius 3 is 2.37 bits per heavy atom. The molecule has 19 heavy (non-hydrogen) atoms. The average molecular weight is 286 g/mol. The first kappa shape index (κ1) is 13.5. The summed E-state index contributed by atoms with van der Waals surface area (Å²) < 4.78 is 38.3. The Bertz CT molecular complexity index is 657. The van der Waals surface area contributed by atoms with Gasteiger partial charge in [0, 0.05) is 6.07 Å². The van der Waals surface area contributed by atoms with Gasteiger partial charge in [0.15, 0.2) is 4.77 Å². The number of hydrogen-bond acceptors (Lipinski definition) is 2. The van der Waals surface area contributed by atoms with Crippen LogP contribution < -0.4 is 5.56 Å². The fraction of sp³-hybridized carbons (Fsp3) is 0.167. The van der Waals surface area contributed by atoms with Crippen LogP contribution in [-0.4, -0.2) is 9.55 Å². The van der Waals surface area contributed by atoms with Crippen molar-refractivity contribution in [1.29, 1.82) is 0 Å². The molecule has 1 heterocycles. The molecule has 0 bridgehead atoms. The zero-order valence-corrected chi connectivity index (χ0v) is 10.4. The molecule has 0 aliphatic carbocycles. The van der Waals surface area contributed by atoms with Crippen molar-refractivity contribution in [3.05, 3.63) is 62.8 Å². The Morgan fingerprint density at radius 1 is 1.21 bits per heavy atom. The van der Waals surface area contributed by atoms with Gasteiger partial charge in [0.05, 0.1) is 6.54 Å². The molecule has 2 rings (SSSR count). The zero-order chi connectivity index (χ0) is 14.0. The van der Waals surface area contributed by atoms with E-state index in [-0.39, 0.29) is 11.3 Å². The Hall–Kier alpha value is -1.89. The van der Waals surface area contributed by atoms with Gasteiger partial charge in [-0.3, -0.25) is 9.36 Å². The Labute approximate surface area is 111 Å². The van der Waals surface area contributed by atoms with Crippen molar-refractivity contribution in [2.75, 3.05) is 0 Å². The molecule has 100 valence electrons. The smallest absolute Gasteiger partial charge is 0.328 e. The number of nitrogens with zero attached hydrogens (tertiary/aromatic N) is 1. The fourth-order valence-corrected chi connectivity index (χ4v) is 1.85. The maximum atomic E-state index is 12.5. The SMILES string of the molecule is O=c1cc(C(F)(F)F)[nH]c(=S)n1Cc1ccccc1. The second-order valence-corrected chi connectivity index (χ2v) is 4.28. The minimum atomic E-state index is -4.61. The number of halogens is 3. The largest absolute Gasteiger partial charge is 0.431 e. The minimum Gasteiger partial charge on any atom is -0.328 e. The second kappa shape index (κ2) is 5.00. The predicted octanol–water partition coefficient (Wildman–Crippen LogP) is 2.97. The minimum absolute atomic E-state index is 0.132. The highest BCUT2D eigenvalue weighted by Crippen LogP contribution is 2.26. The van der Waals surface area contributed by atoms with Gasteiger partial charge in [0.1, 0.15) is 5.69 Å². The Balaban J connectivity index is 2.44. The van der Waals surface area contributed by atoms with E-state index < -0.39 is 17.4 Å². The number of rotatable bonds is 2. The van der Waals surface area contributed by atoms with Crippen molar-refractivity contribution in [1.82, 2.24) is 9.55 Å². The molecule has 0 amide bonds. The van der Waals surface area contributed by atoms with Crippen molar-refractivity contribution in [3.63, 3.8) is 0 Å². The average Bonchev–Trinajstić information content (AvgIpc) is 2.33. The highest BCUT2D eigenvalue weighted by Gasteiger charge is 2.32. The van der Waals surface area contributed by atoms with Gasteiger partial charge in [-0.15, -0.1) is 0 Å². The molecule has 1 N–H and O–H groups in total. The summed E-state index contributed by atoms with van der Waals surface area (Å²) in [5.41, 5.74) is -1.13. The lowest BCUT2D eigenvalue weighted by molar-refractivity contribution is -0.141. The third-order valence-electron chi connectivity index (χ3n) is 2.51. The Morgan fingerprint density at radius 2 is 1.84 bits per heavy atom. The first-order chi connectivity index (χ1) is 8.88. The van der Waals surface area contributed by atoms with Gasteiger partial charge in [-0.1, -0.05) is 30.3 Å². The van der Waals surface area contributed by atoms with E-state index in [0.29, 0.717) is 6.07 Å². The molecule has 0 spiro atoms. The molecule has 1 aromatic heterocycles. The number of benzene rings is 1. The van der Waals surface area contributed by atoms with Crippen molar-refractivity contribution in [2.24, 2.45) is 0 Å². The molecule has 0 atom stereocenters. The summed E-state index contributed by atoms with van der Waals surface area (Å²) in [7, 11) is 0. The molecular weight excluding hydrogens is 277 g/mol. The van der Waals surface area contributed by atoms with Crippen LogP contribution in [0.4, 0.5) is 13.2 Å². The lowest BCUT2D eigenvalue weighted by Gasteiger charge is -2.10. The first-order valence-corrected chi connectivity index (χ1v) is 5.74. The van der Waals surface area contributed by atoms with E-state index >= 15 is 0 Å². The third kappa shape index (κ3) is 3.11. The summed E-state index contributed by atoms with van der Waals surface area (Å²) >= 11 is 4.80. The lowest BCUT2D eigenvalue weighted by atomic mass is 10.2. The van der Waals surface area contributed by atoms with Crippen LogP contribution in [0.2, 0.25) is 0 Å². The molecule has 0 radical (unpaired) electrons. The topological polar surface area (TPSA) is 37.8 Å². The highest BCUT2D eigenvalue weighted by atomic mass is 32.1. The van der Waals surface area contributed by atoms with Gasteiger partial charge < -0.3 is 4.98 Å². The van der Waals surface area contributed by atoms with Crippen LogP contribution in [0.15, 0.2) is 41.2 Å². The number of nitrogens with one attached hydrogen (secondary N) is 1. The quantitative estimate of drug-likeness (QED) is 0.862. The summed E-state index contributed by atoms with van der Waals surface area (Å²) in [6.07, 6.45) is -4.61. The molecule has 0 unspecified atom stereocenters. The molecular formula is C12H9F3N2OS. The first-order valence-electron chi connectivity index (χ1n) is 5.33. The van der Waals surface area contributed by atoms with Gasteiger partial charge in [-0.05, 0) is 17.8 Å². The van der Waals surface area contributed by atoms with Crippen molar-refractivity contribution >= 4 is 12.2 Å². The molecule has 2 aromatic rings. The van der Waals surface area contributed by atoms with E-state index in [1.54, 1.807) is 30.3 Å². The molecule has 0 aliphatic heterocycles. The van der Waals surface area contributed by atoms with Crippen LogP contribution in [0.5, 0.6) is 0 Å². The molecule has 0 saturated heterocycles. The summed E-state index contributed by atoms with van der Waals surface area (Å²) in [6.45, 7) is 0.132. The Kier molecular flexibility index (Phi) is 3.57. The number of H-pyrrole nitrogens is 1. The lowest BCUT2D eigenvalue weighted by Crippen LogP contribution is -2.25. The standard InChI is InChI=1S/C12H9F3N2OS/c13-12(14,15)9-6-10(18)17(11(19)16-9)7-8-4-2-1-3-5-8/h1-6H,7H2,(H,16,19). The normalized spacial score (nSPS) is 11.5. The number of aromatic amines is 1. The van der Waals surface area contributed by atoms with Crippen LogP contribution >= 0.6 is 12.2 Å². The van der Waals surface area contributed by atoms with Crippen molar-refractivity contribution in [3.8, 4) is 0 Å². The predicted molar refractivity (Wildman–Crippen MR) is 66.4 cm³/mol. The molecule has 0 aliphatic rings. The van der Waals surface area contributed by atoms with Gasteiger partial charge >= 0.3 is 6.18 Å². The monoisotopic (exact) mass is 286 g/mol. The molecule has 0 fully saturated rings. The van der Waals surface area contributed by atoms with Crippen LogP contribution in [0.1, 0.15) is 11.3 Å². The highest BCUT2D eigenvalue weighted by molar-refractivity contribution is 7.71. The summed E-state index contributed by atoms with van der Waals surface area (Å²) in [5, 5.41) is 0. The maximum absolute atomic E-state index is 12.5. The molecule has 3 nitrogen and oxygen atoms in total. The number of aromatic nitrogens is 2. The van der Waals surface area contributed by atoms with Crippen LogP contribution in [0.25, 0.3) is 0 Å². The van der Waals surface area contributed by atoms with Crippen LogP contribution in [0.3, 0.4) is 0 Å². The van der Waals surface area contributed by atoms with E-state index in [1.165, 1.54) is 0 Å². The van der Waals surface area contributed by atoms with E-state index in [1.807, 2.05) is 4.98 Å². The van der Waals surface area contributed by atoms with E-state index in [9.17, 15) is 18.0 Å². The summed E-state index contributed by atoms with van der Waals surface area (Å²) in [6, 6.07) is 9.39. The van der Waals surface area contributed by atoms with Gasteiger partial charge in [0.2, 0.25) is 0 Å². The summed E-state index contributed by atoms with van der Waals surface area (Å²) in [5.74, 6) is 0. The van der Waals surface area contributed by atoms with E-state index in [4.69, 9.17) is 12.2 Å². The van der Waals surface area contributed by atoms with E-state index in [2.05, 4.69) is 0 Å². The van der Waals surface area contributed by atoms with Gasteiger partial charge in [-0.2, -0.15) is 13.2 Å².